The van der Waals surface area contributed by atoms with Crippen LogP contribution in [0.5, 0.6) is 0 Å². The molecule has 0 aliphatic carbocycles. The van der Waals surface area contributed by atoms with Crippen LogP contribution < -0.4 is 5.32 Å². The van der Waals surface area contributed by atoms with Crippen molar-refractivity contribution in [2.75, 3.05) is 6.54 Å². The zero-order chi connectivity index (χ0) is 15.3. The number of carbonyl (C=O) groups excluding carboxylic acids is 1. The second-order valence-electron chi connectivity index (χ2n) is 4.80. The lowest BCUT2D eigenvalue weighted by Gasteiger charge is -2.12. The molecule has 0 aliphatic rings. The summed E-state index contributed by atoms with van der Waals surface area (Å²) in [6.45, 7) is 8.11. The molecule has 0 bridgehead atoms. The number of amides is 1. The standard InChI is InChI=1S/C13H22N4O3/c1-5-11(6-2)13(18)14-7-8-16-10(4)12(17(19)20)9(3)15-16/h11H,5-8H2,1-4H3,(H,14,18). The maximum Gasteiger partial charge on any atom is 0.312 e. The summed E-state index contributed by atoms with van der Waals surface area (Å²) in [5.74, 6) is 0.0656. The minimum absolute atomic E-state index is 0.0322. The summed E-state index contributed by atoms with van der Waals surface area (Å²) in [4.78, 5) is 22.3. The number of nitrogens with zero attached hydrogens (tertiary/aromatic N) is 3. The Balaban J connectivity index is 2.61. The number of hydrogen-bond acceptors (Lipinski definition) is 4. The second-order valence-corrected chi connectivity index (χ2v) is 4.80. The molecule has 0 aromatic carbocycles. The summed E-state index contributed by atoms with van der Waals surface area (Å²) >= 11 is 0. The van der Waals surface area contributed by atoms with Crippen LogP contribution in [0.4, 0.5) is 5.69 Å². The number of aryl methyl sites for hydroxylation is 1. The van der Waals surface area contributed by atoms with E-state index < -0.39 is 4.92 Å². The predicted molar refractivity (Wildman–Crippen MR) is 75.4 cm³/mol. The molecule has 7 heteroatoms. The van der Waals surface area contributed by atoms with Gasteiger partial charge >= 0.3 is 5.69 Å². The lowest BCUT2D eigenvalue weighted by Crippen LogP contribution is -2.32. The molecular weight excluding hydrogens is 260 g/mol. The van der Waals surface area contributed by atoms with Crippen molar-refractivity contribution in [1.29, 1.82) is 0 Å². The van der Waals surface area contributed by atoms with E-state index in [1.807, 2.05) is 13.8 Å². The molecule has 0 atom stereocenters. The van der Waals surface area contributed by atoms with Crippen LogP contribution in [0.3, 0.4) is 0 Å². The van der Waals surface area contributed by atoms with Gasteiger partial charge in [-0.2, -0.15) is 5.10 Å². The van der Waals surface area contributed by atoms with Gasteiger partial charge in [0.05, 0.1) is 11.5 Å². The topological polar surface area (TPSA) is 90.1 Å². The molecule has 1 aromatic heterocycles. The number of carbonyl (C=O) groups is 1. The summed E-state index contributed by atoms with van der Waals surface area (Å²) in [7, 11) is 0. The van der Waals surface area contributed by atoms with E-state index in [4.69, 9.17) is 0 Å². The fourth-order valence-electron chi connectivity index (χ4n) is 2.26. The molecule has 1 N–H and O–H groups in total. The van der Waals surface area contributed by atoms with E-state index in [-0.39, 0.29) is 17.5 Å². The molecule has 0 radical (unpaired) electrons. The van der Waals surface area contributed by atoms with Crippen molar-refractivity contribution in [3.8, 4) is 0 Å². The fourth-order valence-corrected chi connectivity index (χ4v) is 2.26. The minimum Gasteiger partial charge on any atom is -0.354 e. The molecule has 0 saturated carbocycles. The highest BCUT2D eigenvalue weighted by atomic mass is 16.6. The molecule has 7 nitrogen and oxygen atoms in total. The van der Waals surface area contributed by atoms with E-state index in [2.05, 4.69) is 10.4 Å². The molecule has 1 amide bonds. The van der Waals surface area contributed by atoms with Crippen LogP contribution in [-0.2, 0) is 11.3 Å². The zero-order valence-corrected chi connectivity index (χ0v) is 12.5. The maximum atomic E-state index is 11.8. The molecular formula is C13H22N4O3. The van der Waals surface area contributed by atoms with Crippen molar-refractivity contribution in [3.63, 3.8) is 0 Å². The van der Waals surface area contributed by atoms with Gasteiger partial charge in [0.15, 0.2) is 0 Å². The van der Waals surface area contributed by atoms with Crippen molar-refractivity contribution < 1.29 is 9.72 Å². The van der Waals surface area contributed by atoms with Crippen molar-refractivity contribution in [3.05, 3.63) is 21.5 Å². The molecule has 0 spiro atoms. The second kappa shape index (κ2) is 7.02. The third kappa shape index (κ3) is 3.55. The molecule has 0 saturated heterocycles. The molecule has 112 valence electrons. The molecule has 20 heavy (non-hydrogen) atoms. The smallest absolute Gasteiger partial charge is 0.312 e. The molecule has 1 rings (SSSR count). The van der Waals surface area contributed by atoms with Crippen LogP contribution in [0.2, 0.25) is 0 Å². The minimum atomic E-state index is -0.420. The van der Waals surface area contributed by atoms with Gasteiger partial charge in [0.25, 0.3) is 0 Å². The van der Waals surface area contributed by atoms with Gasteiger partial charge in [-0.25, -0.2) is 0 Å². The first-order chi connectivity index (χ1) is 9.42. The Morgan fingerprint density at radius 2 is 2.00 bits per heavy atom. The van der Waals surface area contributed by atoms with Gasteiger partial charge in [0, 0.05) is 12.5 Å². The third-order valence-electron chi connectivity index (χ3n) is 3.51. The summed E-state index contributed by atoms with van der Waals surface area (Å²) < 4.78 is 1.57. The first kappa shape index (κ1) is 16.1. The van der Waals surface area contributed by atoms with Crippen LogP contribution in [0.25, 0.3) is 0 Å². The zero-order valence-electron chi connectivity index (χ0n) is 12.5. The van der Waals surface area contributed by atoms with Crippen molar-refractivity contribution in [1.82, 2.24) is 15.1 Å². The molecule has 1 heterocycles. The number of rotatable bonds is 7. The highest BCUT2D eigenvalue weighted by Gasteiger charge is 2.21. The Labute approximate surface area is 118 Å². The SMILES string of the molecule is CCC(CC)C(=O)NCCn1nc(C)c([N+](=O)[O-])c1C. The Kier molecular flexibility index (Phi) is 5.66. The van der Waals surface area contributed by atoms with E-state index in [1.54, 1.807) is 18.5 Å². The summed E-state index contributed by atoms with van der Waals surface area (Å²) in [5.41, 5.74) is 0.972. The molecule has 1 aromatic rings. The van der Waals surface area contributed by atoms with E-state index in [1.165, 1.54) is 0 Å². The maximum absolute atomic E-state index is 11.8. The molecule has 0 unspecified atom stereocenters. The largest absolute Gasteiger partial charge is 0.354 e. The Morgan fingerprint density at radius 3 is 2.45 bits per heavy atom. The van der Waals surface area contributed by atoms with Gasteiger partial charge < -0.3 is 5.32 Å². The van der Waals surface area contributed by atoms with Crippen LogP contribution in [0.15, 0.2) is 0 Å². The lowest BCUT2D eigenvalue weighted by molar-refractivity contribution is -0.386. The first-order valence-electron chi connectivity index (χ1n) is 6.88. The van der Waals surface area contributed by atoms with Crippen LogP contribution in [-0.4, -0.2) is 27.2 Å². The number of nitro groups is 1. The average molecular weight is 282 g/mol. The monoisotopic (exact) mass is 282 g/mol. The van der Waals surface area contributed by atoms with Crippen molar-refractivity contribution in [2.24, 2.45) is 5.92 Å². The van der Waals surface area contributed by atoms with Crippen LogP contribution in [0.1, 0.15) is 38.1 Å². The Bertz CT molecular complexity index is 492. The van der Waals surface area contributed by atoms with Gasteiger partial charge in [-0.15, -0.1) is 0 Å². The fraction of sp³-hybridized carbons (Fsp3) is 0.692. The summed E-state index contributed by atoms with van der Waals surface area (Å²) in [6, 6.07) is 0. The van der Waals surface area contributed by atoms with E-state index >= 15 is 0 Å². The van der Waals surface area contributed by atoms with Gasteiger partial charge in [0.2, 0.25) is 5.91 Å². The first-order valence-corrected chi connectivity index (χ1v) is 6.88. The lowest BCUT2D eigenvalue weighted by atomic mass is 10.0. The van der Waals surface area contributed by atoms with E-state index in [0.29, 0.717) is 24.5 Å². The highest BCUT2D eigenvalue weighted by molar-refractivity contribution is 5.78. The van der Waals surface area contributed by atoms with E-state index in [0.717, 1.165) is 12.8 Å². The van der Waals surface area contributed by atoms with Gasteiger partial charge in [-0.1, -0.05) is 13.8 Å². The quantitative estimate of drug-likeness (QED) is 0.611. The summed E-state index contributed by atoms with van der Waals surface area (Å²) in [5, 5.41) is 17.9. The summed E-state index contributed by atoms with van der Waals surface area (Å²) in [6.07, 6.45) is 1.63. The van der Waals surface area contributed by atoms with Gasteiger partial charge in [-0.05, 0) is 26.7 Å². The van der Waals surface area contributed by atoms with Gasteiger partial charge in [0.1, 0.15) is 11.4 Å². The van der Waals surface area contributed by atoms with E-state index in [9.17, 15) is 14.9 Å². The number of nitrogens with one attached hydrogen (secondary N) is 1. The number of aromatic nitrogens is 2. The number of hydrogen-bond donors (Lipinski definition) is 1. The average Bonchev–Trinajstić information content (AvgIpc) is 2.66. The van der Waals surface area contributed by atoms with Crippen LogP contribution >= 0.6 is 0 Å². The Morgan fingerprint density at radius 1 is 1.40 bits per heavy atom. The third-order valence-corrected chi connectivity index (χ3v) is 3.51. The highest BCUT2D eigenvalue weighted by Crippen LogP contribution is 2.21. The normalized spacial score (nSPS) is 10.8. The molecule has 0 fully saturated rings. The van der Waals surface area contributed by atoms with Gasteiger partial charge in [-0.3, -0.25) is 19.6 Å². The van der Waals surface area contributed by atoms with Crippen LogP contribution in [0, 0.1) is 29.9 Å². The molecule has 0 aliphatic heterocycles. The van der Waals surface area contributed by atoms with Crippen molar-refractivity contribution in [2.45, 2.75) is 47.1 Å². The predicted octanol–water partition coefficient (Wildman–Crippen LogP) is 1.96. The Hall–Kier alpha value is -1.92. The van der Waals surface area contributed by atoms with Crippen molar-refractivity contribution >= 4 is 11.6 Å².